The van der Waals surface area contributed by atoms with Crippen LogP contribution >= 0.6 is 0 Å². The van der Waals surface area contributed by atoms with Gasteiger partial charge >= 0.3 is 0 Å². The average Bonchev–Trinajstić information content (AvgIpc) is 3.38. The van der Waals surface area contributed by atoms with E-state index in [1.54, 1.807) is 11.0 Å². The summed E-state index contributed by atoms with van der Waals surface area (Å²) in [6.07, 6.45) is 2.27. The number of Topliss-reactive ketones (excluding diaryl/α,β-unsaturated/α-hetero) is 1. The SMILES string of the molecule is Cc1ccc([C@H](C(=O)CC(C)C)N2C(=O)[C@@H](C3Cc4ccccc4C3)NC(=O)[C@H]2CC(C)C)o1. The van der Waals surface area contributed by atoms with Crippen molar-refractivity contribution in [1.82, 2.24) is 10.2 Å². The molecule has 2 aliphatic rings. The van der Waals surface area contributed by atoms with Crippen LogP contribution in [0.1, 0.15) is 69.2 Å². The summed E-state index contributed by atoms with van der Waals surface area (Å²) in [6.45, 7) is 9.84. The van der Waals surface area contributed by atoms with Gasteiger partial charge < -0.3 is 14.6 Å². The number of ketones is 1. The fourth-order valence-corrected chi connectivity index (χ4v) is 5.44. The van der Waals surface area contributed by atoms with Crippen molar-refractivity contribution in [1.29, 1.82) is 0 Å². The number of rotatable bonds is 8. The van der Waals surface area contributed by atoms with Crippen LogP contribution in [0.2, 0.25) is 0 Å². The second-order valence-electron chi connectivity index (χ2n) is 10.7. The van der Waals surface area contributed by atoms with Gasteiger partial charge in [0.25, 0.3) is 0 Å². The Bertz CT molecular complexity index is 1040. The van der Waals surface area contributed by atoms with Crippen LogP contribution in [0.5, 0.6) is 0 Å². The third-order valence-electron chi connectivity index (χ3n) is 6.93. The molecular weight excluding hydrogens is 428 g/mol. The summed E-state index contributed by atoms with van der Waals surface area (Å²) in [5.74, 6) is 0.938. The molecule has 1 aromatic heterocycles. The third kappa shape index (κ3) is 4.82. The number of amides is 2. The first kappa shape index (κ1) is 24.2. The summed E-state index contributed by atoms with van der Waals surface area (Å²) in [7, 11) is 0. The van der Waals surface area contributed by atoms with Gasteiger partial charge in [0.05, 0.1) is 0 Å². The monoisotopic (exact) mass is 464 g/mol. The minimum absolute atomic E-state index is 0.0319. The lowest BCUT2D eigenvalue weighted by atomic mass is 9.87. The van der Waals surface area contributed by atoms with Crippen LogP contribution in [0.4, 0.5) is 0 Å². The highest BCUT2D eigenvalue weighted by molar-refractivity contribution is 6.00. The molecule has 34 heavy (non-hydrogen) atoms. The van der Waals surface area contributed by atoms with Crippen LogP contribution in [0.15, 0.2) is 40.8 Å². The van der Waals surface area contributed by atoms with Crippen molar-refractivity contribution < 1.29 is 18.8 Å². The number of aryl methyl sites for hydroxylation is 1. The molecule has 1 aliphatic heterocycles. The molecule has 0 unspecified atom stereocenters. The zero-order chi connectivity index (χ0) is 24.6. The molecule has 6 nitrogen and oxygen atoms in total. The lowest BCUT2D eigenvalue weighted by Crippen LogP contribution is -2.66. The molecule has 1 aromatic carbocycles. The Morgan fingerprint density at radius 3 is 2.21 bits per heavy atom. The van der Waals surface area contributed by atoms with Crippen molar-refractivity contribution in [3.05, 3.63) is 59.0 Å². The van der Waals surface area contributed by atoms with Crippen LogP contribution in [0.25, 0.3) is 0 Å². The van der Waals surface area contributed by atoms with Crippen LogP contribution in [0.3, 0.4) is 0 Å². The molecule has 1 fully saturated rings. The first-order chi connectivity index (χ1) is 16.2. The fraction of sp³-hybridized carbons (Fsp3) is 0.536. The number of fused-ring (bicyclic) bond motifs is 1. The topological polar surface area (TPSA) is 79.6 Å². The number of benzene rings is 1. The molecule has 1 aliphatic carbocycles. The minimum Gasteiger partial charge on any atom is -0.464 e. The number of carbonyl (C=O) groups is 3. The molecule has 1 saturated heterocycles. The molecule has 2 aromatic rings. The second kappa shape index (κ2) is 9.77. The second-order valence-corrected chi connectivity index (χ2v) is 10.7. The Balaban J connectivity index is 1.73. The van der Waals surface area contributed by atoms with Gasteiger partial charge in [0.15, 0.2) is 5.78 Å². The molecule has 0 spiro atoms. The van der Waals surface area contributed by atoms with Crippen molar-refractivity contribution in [2.75, 3.05) is 0 Å². The van der Waals surface area contributed by atoms with Gasteiger partial charge in [0.2, 0.25) is 11.8 Å². The molecule has 1 N–H and O–H groups in total. The number of furan rings is 1. The zero-order valence-corrected chi connectivity index (χ0v) is 20.8. The van der Waals surface area contributed by atoms with Crippen molar-refractivity contribution in [2.45, 2.75) is 78.4 Å². The first-order valence-corrected chi connectivity index (χ1v) is 12.4. The van der Waals surface area contributed by atoms with Gasteiger partial charge in [-0.15, -0.1) is 0 Å². The number of nitrogens with one attached hydrogen (secondary N) is 1. The largest absolute Gasteiger partial charge is 0.464 e. The predicted molar refractivity (Wildman–Crippen MR) is 130 cm³/mol. The molecule has 0 radical (unpaired) electrons. The molecule has 4 rings (SSSR count). The number of nitrogens with zero attached hydrogens (tertiary/aromatic N) is 1. The fourth-order valence-electron chi connectivity index (χ4n) is 5.44. The average molecular weight is 465 g/mol. The Morgan fingerprint density at radius 2 is 1.68 bits per heavy atom. The van der Waals surface area contributed by atoms with Gasteiger partial charge in [-0.25, -0.2) is 0 Å². The lowest BCUT2D eigenvalue weighted by molar-refractivity contribution is -0.158. The number of hydrogen-bond donors (Lipinski definition) is 1. The van der Waals surface area contributed by atoms with Crippen molar-refractivity contribution in [3.8, 4) is 0 Å². The van der Waals surface area contributed by atoms with Gasteiger partial charge in [-0.1, -0.05) is 52.0 Å². The van der Waals surface area contributed by atoms with E-state index >= 15 is 0 Å². The highest BCUT2D eigenvalue weighted by Gasteiger charge is 2.50. The lowest BCUT2D eigenvalue weighted by Gasteiger charge is -2.44. The molecule has 2 amide bonds. The summed E-state index contributed by atoms with van der Waals surface area (Å²) >= 11 is 0. The van der Waals surface area contributed by atoms with Crippen LogP contribution in [0, 0.1) is 24.7 Å². The standard InChI is InChI=1S/C28H36N2O4/c1-16(2)12-22-27(32)29-25(21-14-19-8-6-7-9-20(19)15-21)28(33)30(22)26(23(31)13-17(3)4)24-11-10-18(5)34-24/h6-11,16-17,21-22,25-26H,12-15H2,1-5H3,(H,29,32)/t22-,25-,26+/m1/s1. The number of piperazine rings is 1. The molecule has 3 atom stereocenters. The molecule has 6 heteroatoms. The smallest absolute Gasteiger partial charge is 0.247 e. The van der Waals surface area contributed by atoms with Crippen molar-refractivity contribution >= 4 is 17.6 Å². The van der Waals surface area contributed by atoms with E-state index in [0.717, 1.165) is 12.8 Å². The van der Waals surface area contributed by atoms with E-state index < -0.39 is 18.1 Å². The summed E-state index contributed by atoms with van der Waals surface area (Å²) < 4.78 is 5.90. The summed E-state index contributed by atoms with van der Waals surface area (Å²) in [5, 5.41) is 3.05. The van der Waals surface area contributed by atoms with Crippen LogP contribution < -0.4 is 5.32 Å². The van der Waals surface area contributed by atoms with E-state index in [0.29, 0.717) is 24.4 Å². The molecule has 0 saturated carbocycles. The van der Waals surface area contributed by atoms with E-state index in [9.17, 15) is 14.4 Å². The molecule has 182 valence electrons. The van der Waals surface area contributed by atoms with Crippen molar-refractivity contribution in [3.63, 3.8) is 0 Å². The minimum atomic E-state index is -0.898. The van der Waals surface area contributed by atoms with Crippen LogP contribution in [-0.2, 0) is 27.2 Å². The summed E-state index contributed by atoms with van der Waals surface area (Å²) in [4.78, 5) is 42.7. The predicted octanol–water partition coefficient (Wildman–Crippen LogP) is 4.40. The quantitative estimate of drug-likeness (QED) is 0.628. The molecule has 0 bridgehead atoms. The Morgan fingerprint density at radius 1 is 1.03 bits per heavy atom. The maximum Gasteiger partial charge on any atom is 0.247 e. The first-order valence-electron chi connectivity index (χ1n) is 12.4. The van der Waals surface area contributed by atoms with Crippen molar-refractivity contribution in [2.24, 2.45) is 17.8 Å². The van der Waals surface area contributed by atoms with E-state index in [2.05, 4.69) is 17.4 Å². The van der Waals surface area contributed by atoms with E-state index in [4.69, 9.17) is 4.42 Å². The van der Waals surface area contributed by atoms with Gasteiger partial charge in [-0.2, -0.15) is 0 Å². The molecular formula is C28H36N2O4. The highest BCUT2D eigenvalue weighted by Crippen LogP contribution is 2.36. The Labute approximate surface area is 202 Å². The highest BCUT2D eigenvalue weighted by atomic mass is 16.3. The van der Waals surface area contributed by atoms with Crippen LogP contribution in [-0.4, -0.2) is 34.6 Å². The van der Waals surface area contributed by atoms with Gasteiger partial charge in [-0.05, 0) is 67.2 Å². The van der Waals surface area contributed by atoms with E-state index in [1.807, 2.05) is 52.8 Å². The van der Waals surface area contributed by atoms with E-state index in [-0.39, 0.29) is 35.4 Å². The third-order valence-corrected chi connectivity index (χ3v) is 6.93. The summed E-state index contributed by atoms with van der Waals surface area (Å²) in [5.41, 5.74) is 2.44. The number of carbonyl (C=O) groups excluding carboxylic acids is 3. The van der Waals surface area contributed by atoms with Gasteiger partial charge in [0, 0.05) is 6.42 Å². The normalized spacial score (nSPS) is 21.8. The summed E-state index contributed by atoms with van der Waals surface area (Å²) in [6, 6.07) is 9.50. The zero-order valence-electron chi connectivity index (χ0n) is 20.8. The van der Waals surface area contributed by atoms with Gasteiger partial charge in [-0.3, -0.25) is 14.4 Å². The molecule has 2 heterocycles. The van der Waals surface area contributed by atoms with E-state index in [1.165, 1.54) is 11.1 Å². The van der Waals surface area contributed by atoms with Gasteiger partial charge in [0.1, 0.15) is 29.6 Å². The number of hydrogen-bond acceptors (Lipinski definition) is 4. The maximum atomic E-state index is 14.1. The maximum absolute atomic E-state index is 14.1. The Kier molecular flexibility index (Phi) is 6.96. The Hall–Kier alpha value is -2.89.